The third-order valence-electron chi connectivity index (χ3n) is 6.19. The van der Waals surface area contributed by atoms with E-state index in [0.717, 1.165) is 10.8 Å². The maximum Gasteiger partial charge on any atom is 0.257 e. The van der Waals surface area contributed by atoms with Crippen LogP contribution in [0.25, 0.3) is 10.8 Å². The first-order valence-electron chi connectivity index (χ1n) is 11.6. The zero-order valence-corrected chi connectivity index (χ0v) is 20.0. The van der Waals surface area contributed by atoms with E-state index < -0.39 is 0 Å². The maximum absolute atomic E-state index is 13.0. The maximum atomic E-state index is 13.0. The number of nitrogens with zero attached hydrogens (tertiary/aromatic N) is 2. The molecule has 1 saturated heterocycles. The molecule has 1 N–H and O–H groups in total. The summed E-state index contributed by atoms with van der Waals surface area (Å²) in [4.78, 5) is 41.6. The molecule has 3 amide bonds. The lowest BCUT2D eigenvalue weighted by Gasteiger charge is -2.35. The molecule has 0 aromatic heterocycles. The number of carbonyl (C=O) groups is 3. The third kappa shape index (κ3) is 5.54. The van der Waals surface area contributed by atoms with Crippen LogP contribution >= 0.6 is 0 Å². The molecule has 3 aromatic rings. The molecule has 35 heavy (non-hydrogen) atoms. The lowest BCUT2D eigenvalue weighted by Crippen LogP contribution is -2.51. The number of hydrogen-bond acceptors (Lipinski definition) is 5. The minimum Gasteiger partial charge on any atom is -0.497 e. The van der Waals surface area contributed by atoms with Gasteiger partial charge in [0.1, 0.15) is 11.5 Å². The van der Waals surface area contributed by atoms with Crippen LogP contribution in [0.5, 0.6) is 11.5 Å². The Bertz CT molecular complexity index is 1230. The summed E-state index contributed by atoms with van der Waals surface area (Å²) in [5, 5.41) is 4.90. The second kappa shape index (κ2) is 10.9. The normalized spacial score (nSPS) is 13.4. The van der Waals surface area contributed by atoms with Crippen LogP contribution in [0.15, 0.2) is 60.7 Å². The Labute approximate surface area is 204 Å². The highest BCUT2D eigenvalue weighted by Gasteiger charge is 2.26. The van der Waals surface area contributed by atoms with E-state index in [1.165, 1.54) is 7.11 Å². The fraction of sp³-hybridized carbons (Fsp3) is 0.296. The molecule has 4 rings (SSSR count). The van der Waals surface area contributed by atoms with Gasteiger partial charge >= 0.3 is 0 Å². The van der Waals surface area contributed by atoms with Crippen molar-refractivity contribution in [3.05, 3.63) is 71.8 Å². The number of carbonyl (C=O) groups excluding carboxylic acids is 3. The quantitative estimate of drug-likeness (QED) is 0.568. The van der Waals surface area contributed by atoms with Crippen molar-refractivity contribution in [2.75, 3.05) is 46.9 Å². The smallest absolute Gasteiger partial charge is 0.257 e. The van der Waals surface area contributed by atoms with E-state index in [0.29, 0.717) is 48.8 Å². The van der Waals surface area contributed by atoms with Gasteiger partial charge in [-0.05, 0) is 35.0 Å². The fourth-order valence-electron chi connectivity index (χ4n) is 4.18. The summed E-state index contributed by atoms with van der Waals surface area (Å²) in [6.07, 6.45) is 0.208. The van der Waals surface area contributed by atoms with Crippen LogP contribution < -0.4 is 14.8 Å². The van der Waals surface area contributed by atoms with Gasteiger partial charge in [-0.2, -0.15) is 0 Å². The van der Waals surface area contributed by atoms with E-state index in [9.17, 15) is 14.4 Å². The number of benzene rings is 3. The second-order valence-electron chi connectivity index (χ2n) is 8.31. The van der Waals surface area contributed by atoms with E-state index in [1.807, 2.05) is 36.4 Å². The molecule has 1 aliphatic rings. The Morgan fingerprint density at radius 3 is 2.26 bits per heavy atom. The van der Waals surface area contributed by atoms with Gasteiger partial charge in [0, 0.05) is 50.8 Å². The Hall–Kier alpha value is -4.07. The number of piperazine rings is 1. The Morgan fingerprint density at radius 1 is 0.829 bits per heavy atom. The molecule has 1 heterocycles. The minimum absolute atomic E-state index is 0.0436. The number of ether oxygens (including phenoxy) is 2. The standard InChI is InChI=1S/C27H29N3O5/c1-34-22-9-10-23(24(18-22)35-2)27(33)30-15-13-29(14-16-30)25(31)11-12-28-26(32)21-8-7-19-5-3-4-6-20(19)17-21/h3-10,17-18H,11-16H2,1-2H3,(H,28,32). The second-order valence-corrected chi connectivity index (χ2v) is 8.31. The molecule has 8 nitrogen and oxygen atoms in total. The highest BCUT2D eigenvalue weighted by Crippen LogP contribution is 2.26. The fourth-order valence-corrected chi connectivity index (χ4v) is 4.18. The molecule has 182 valence electrons. The van der Waals surface area contributed by atoms with Gasteiger partial charge in [0.2, 0.25) is 5.91 Å². The first kappa shape index (κ1) is 24.1. The molecule has 0 saturated carbocycles. The number of amides is 3. The van der Waals surface area contributed by atoms with E-state index in [-0.39, 0.29) is 30.7 Å². The van der Waals surface area contributed by atoms with Crippen molar-refractivity contribution >= 4 is 28.5 Å². The highest BCUT2D eigenvalue weighted by molar-refractivity contribution is 5.99. The molecule has 1 aliphatic heterocycles. The van der Waals surface area contributed by atoms with Crippen LogP contribution in [0.2, 0.25) is 0 Å². The van der Waals surface area contributed by atoms with E-state index in [4.69, 9.17) is 9.47 Å². The monoisotopic (exact) mass is 475 g/mol. The van der Waals surface area contributed by atoms with Gasteiger partial charge in [-0.15, -0.1) is 0 Å². The lowest BCUT2D eigenvalue weighted by molar-refractivity contribution is -0.132. The van der Waals surface area contributed by atoms with Crippen molar-refractivity contribution in [3.63, 3.8) is 0 Å². The van der Waals surface area contributed by atoms with Gasteiger partial charge in [-0.3, -0.25) is 14.4 Å². The summed E-state index contributed by atoms with van der Waals surface area (Å²) >= 11 is 0. The number of methoxy groups -OCH3 is 2. The van der Waals surface area contributed by atoms with Crippen LogP contribution in [-0.4, -0.2) is 74.5 Å². The van der Waals surface area contributed by atoms with Crippen LogP contribution in [0, 0.1) is 0 Å². The molecular formula is C27H29N3O5. The van der Waals surface area contributed by atoms with Crippen molar-refractivity contribution in [3.8, 4) is 11.5 Å². The Kier molecular flexibility index (Phi) is 7.50. The molecule has 1 fully saturated rings. The average molecular weight is 476 g/mol. The number of fused-ring (bicyclic) bond motifs is 1. The number of hydrogen-bond donors (Lipinski definition) is 1. The van der Waals surface area contributed by atoms with E-state index in [1.54, 1.807) is 41.2 Å². The van der Waals surface area contributed by atoms with Gasteiger partial charge in [0.15, 0.2) is 0 Å². The largest absolute Gasteiger partial charge is 0.497 e. The number of rotatable bonds is 7. The molecule has 0 atom stereocenters. The SMILES string of the molecule is COc1ccc(C(=O)N2CCN(C(=O)CCNC(=O)c3ccc4ccccc4c3)CC2)c(OC)c1. The minimum atomic E-state index is -0.201. The van der Waals surface area contributed by atoms with E-state index >= 15 is 0 Å². The van der Waals surface area contributed by atoms with Gasteiger partial charge in [0.25, 0.3) is 11.8 Å². The summed E-state index contributed by atoms with van der Waals surface area (Å²) in [5.74, 6) is 0.682. The summed E-state index contributed by atoms with van der Waals surface area (Å²) < 4.78 is 10.5. The summed E-state index contributed by atoms with van der Waals surface area (Å²) in [6.45, 7) is 2.02. The first-order valence-corrected chi connectivity index (χ1v) is 11.6. The molecule has 0 aliphatic carbocycles. The zero-order chi connectivity index (χ0) is 24.8. The lowest BCUT2D eigenvalue weighted by atomic mass is 10.1. The average Bonchev–Trinajstić information content (AvgIpc) is 2.91. The summed E-state index contributed by atoms with van der Waals surface area (Å²) in [6, 6.07) is 18.5. The Balaban J connectivity index is 1.25. The van der Waals surface area contributed by atoms with Gasteiger partial charge in [-0.25, -0.2) is 0 Å². The predicted octanol–water partition coefficient (Wildman–Crippen LogP) is 2.96. The molecule has 0 spiro atoms. The molecule has 0 radical (unpaired) electrons. The van der Waals surface area contributed by atoms with Crippen LogP contribution in [0.1, 0.15) is 27.1 Å². The number of nitrogens with one attached hydrogen (secondary N) is 1. The summed E-state index contributed by atoms with van der Waals surface area (Å²) in [7, 11) is 3.07. The van der Waals surface area contributed by atoms with Crippen LogP contribution in [0.3, 0.4) is 0 Å². The molecular weight excluding hydrogens is 446 g/mol. The summed E-state index contributed by atoms with van der Waals surface area (Å²) in [5.41, 5.74) is 1.03. The molecule has 0 unspecified atom stereocenters. The molecule has 8 heteroatoms. The third-order valence-corrected chi connectivity index (χ3v) is 6.19. The van der Waals surface area contributed by atoms with Crippen molar-refractivity contribution < 1.29 is 23.9 Å². The predicted molar refractivity (Wildman–Crippen MR) is 133 cm³/mol. The topological polar surface area (TPSA) is 88.2 Å². The van der Waals surface area contributed by atoms with E-state index in [2.05, 4.69) is 5.32 Å². The van der Waals surface area contributed by atoms with Gasteiger partial charge in [-0.1, -0.05) is 30.3 Å². The van der Waals surface area contributed by atoms with Crippen molar-refractivity contribution in [2.24, 2.45) is 0 Å². The van der Waals surface area contributed by atoms with Crippen molar-refractivity contribution in [2.45, 2.75) is 6.42 Å². The Morgan fingerprint density at radius 2 is 1.54 bits per heavy atom. The van der Waals surface area contributed by atoms with Crippen molar-refractivity contribution in [1.82, 2.24) is 15.1 Å². The van der Waals surface area contributed by atoms with Crippen molar-refractivity contribution in [1.29, 1.82) is 0 Å². The molecule has 0 bridgehead atoms. The van der Waals surface area contributed by atoms with Crippen LogP contribution in [0.4, 0.5) is 0 Å². The van der Waals surface area contributed by atoms with Crippen LogP contribution in [-0.2, 0) is 4.79 Å². The first-order chi connectivity index (χ1) is 17.0. The van der Waals surface area contributed by atoms with Gasteiger partial charge in [0.05, 0.1) is 19.8 Å². The highest BCUT2D eigenvalue weighted by atomic mass is 16.5. The zero-order valence-electron chi connectivity index (χ0n) is 20.0. The van der Waals surface area contributed by atoms with Gasteiger partial charge < -0.3 is 24.6 Å². The molecule has 3 aromatic carbocycles.